The van der Waals surface area contributed by atoms with E-state index in [9.17, 15) is 0 Å². The van der Waals surface area contributed by atoms with Crippen molar-refractivity contribution in [1.29, 1.82) is 0 Å². The summed E-state index contributed by atoms with van der Waals surface area (Å²) in [6.07, 6.45) is 4.95. The van der Waals surface area contributed by atoms with Crippen molar-refractivity contribution in [1.82, 2.24) is 0 Å². The van der Waals surface area contributed by atoms with Crippen molar-refractivity contribution in [3.63, 3.8) is 0 Å². The highest BCUT2D eigenvalue weighted by Gasteiger charge is 1.93. The maximum Gasteiger partial charge on any atom is 0.105 e. The van der Waals surface area contributed by atoms with Crippen LogP contribution < -0.4 is 0 Å². The van der Waals surface area contributed by atoms with Gasteiger partial charge in [-0.2, -0.15) is 0 Å². The van der Waals surface area contributed by atoms with Crippen molar-refractivity contribution in [3.8, 4) is 0 Å². The average Bonchev–Trinajstić information content (AvgIpc) is 2.45. The van der Waals surface area contributed by atoms with Gasteiger partial charge in [0.1, 0.15) is 6.61 Å². The Bertz CT molecular complexity index is 513. The number of hydrogen-bond donors (Lipinski definition) is 0. The molecule has 2 rings (SSSR count). The Morgan fingerprint density at radius 1 is 0.944 bits per heavy atom. The minimum atomic E-state index is 0.559. The highest BCUT2D eigenvalue weighted by atomic mass is 16.5. The Morgan fingerprint density at radius 2 is 1.67 bits per heavy atom. The van der Waals surface area contributed by atoms with Crippen molar-refractivity contribution < 1.29 is 4.74 Å². The Hall–Kier alpha value is -2.28. The van der Waals surface area contributed by atoms with Crippen LogP contribution in [0.25, 0.3) is 16.8 Å². The fourth-order valence-corrected chi connectivity index (χ4v) is 1.56. The van der Waals surface area contributed by atoms with Crippen LogP contribution in [0, 0.1) is 0 Å². The first-order valence-corrected chi connectivity index (χ1v) is 5.77. The molecule has 0 N–H and O–H groups in total. The molecule has 0 radical (unpaired) electrons. The second-order valence-corrected chi connectivity index (χ2v) is 3.56. The van der Waals surface area contributed by atoms with Crippen LogP contribution in [-0.2, 0) is 4.74 Å². The lowest BCUT2D eigenvalue weighted by Crippen LogP contribution is -1.75. The molecule has 0 saturated carbocycles. The van der Waals surface area contributed by atoms with E-state index in [1.165, 1.54) is 22.6 Å². The minimum Gasteiger partial charge on any atom is -0.498 e. The summed E-state index contributed by atoms with van der Waals surface area (Å²) in [6, 6.07) is 14.6. The highest BCUT2D eigenvalue weighted by molar-refractivity contribution is 5.90. The predicted molar refractivity (Wildman–Crippen MR) is 80.4 cm³/mol. The number of hydrogen-bond acceptors (Lipinski definition) is 1. The van der Waals surface area contributed by atoms with Gasteiger partial charge in [0.2, 0.25) is 0 Å². The van der Waals surface area contributed by atoms with Crippen molar-refractivity contribution >= 4 is 16.8 Å². The summed E-state index contributed by atoms with van der Waals surface area (Å²) >= 11 is 0. The molecule has 0 aromatic heterocycles. The van der Waals surface area contributed by atoms with Gasteiger partial charge in [0, 0.05) is 0 Å². The van der Waals surface area contributed by atoms with Crippen LogP contribution in [0.4, 0.5) is 0 Å². The Morgan fingerprint density at radius 3 is 2.28 bits per heavy atom. The van der Waals surface area contributed by atoms with Crippen LogP contribution in [0.3, 0.4) is 0 Å². The normalized spacial score (nSPS) is 8.89. The van der Waals surface area contributed by atoms with E-state index >= 15 is 0 Å². The molecule has 0 atom stereocenters. The number of ether oxygens (including phenoxy) is 1. The van der Waals surface area contributed by atoms with Crippen molar-refractivity contribution in [3.05, 3.63) is 80.1 Å². The third-order valence-electron chi connectivity index (χ3n) is 2.38. The fraction of sp³-hybridized carbons (Fsp3) is 0.0588. The standard InChI is InChI=1S/C12H10.C5H8O/c1-2-10-7-5-8-11-6-3-4-9-12(10)11;1-3-5-6-4-2/h2-9H,1H2;3-4H,1-2,5H2. The van der Waals surface area contributed by atoms with Gasteiger partial charge < -0.3 is 4.74 Å². The summed E-state index contributed by atoms with van der Waals surface area (Å²) < 4.78 is 4.63. The molecule has 1 nitrogen and oxygen atoms in total. The molecule has 2 aromatic carbocycles. The maximum atomic E-state index is 4.63. The Kier molecular flexibility index (Phi) is 6.05. The smallest absolute Gasteiger partial charge is 0.105 e. The first kappa shape index (κ1) is 13.8. The first-order valence-electron chi connectivity index (χ1n) is 5.77. The van der Waals surface area contributed by atoms with Crippen LogP contribution in [-0.4, -0.2) is 6.61 Å². The number of benzene rings is 2. The first-order chi connectivity index (χ1) is 8.83. The van der Waals surface area contributed by atoms with Gasteiger partial charge in [-0.25, -0.2) is 0 Å². The SMILES string of the molecule is C=CCOC=C.C=Cc1cccc2ccccc12. The summed E-state index contributed by atoms with van der Waals surface area (Å²) in [6.45, 7) is 11.1. The molecular weight excluding hydrogens is 220 g/mol. The van der Waals surface area contributed by atoms with Crippen LogP contribution >= 0.6 is 0 Å². The molecule has 18 heavy (non-hydrogen) atoms. The van der Waals surface area contributed by atoms with Gasteiger partial charge in [0.15, 0.2) is 0 Å². The molecule has 2 aromatic rings. The summed E-state index contributed by atoms with van der Waals surface area (Å²) in [7, 11) is 0. The zero-order valence-electron chi connectivity index (χ0n) is 10.5. The predicted octanol–water partition coefficient (Wildman–Crippen LogP) is 4.82. The minimum absolute atomic E-state index is 0.559. The second-order valence-electron chi connectivity index (χ2n) is 3.56. The van der Waals surface area contributed by atoms with E-state index in [1.807, 2.05) is 6.08 Å². The molecule has 1 heteroatoms. The maximum absolute atomic E-state index is 4.63. The summed E-state index contributed by atoms with van der Waals surface area (Å²) in [5.41, 5.74) is 1.20. The van der Waals surface area contributed by atoms with Crippen molar-refractivity contribution in [2.75, 3.05) is 6.61 Å². The average molecular weight is 238 g/mol. The largest absolute Gasteiger partial charge is 0.498 e. The Balaban J connectivity index is 0.000000232. The molecule has 0 bridgehead atoms. The Labute approximate surface area is 109 Å². The van der Waals surface area contributed by atoms with Gasteiger partial charge in [-0.3, -0.25) is 0 Å². The lowest BCUT2D eigenvalue weighted by molar-refractivity contribution is 0.291. The molecule has 0 unspecified atom stereocenters. The third kappa shape index (κ3) is 3.95. The summed E-state index contributed by atoms with van der Waals surface area (Å²) in [5, 5.41) is 2.55. The molecule has 0 spiro atoms. The van der Waals surface area contributed by atoms with Crippen molar-refractivity contribution in [2.24, 2.45) is 0 Å². The second kappa shape index (κ2) is 7.91. The molecule has 0 heterocycles. The molecule has 0 aliphatic carbocycles. The molecule has 0 saturated heterocycles. The quantitative estimate of drug-likeness (QED) is 0.422. The van der Waals surface area contributed by atoms with E-state index in [2.05, 4.69) is 66.9 Å². The van der Waals surface area contributed by atoms with Gasteiger partial charge in [0.05, 0.1) is 6.26 Å². The van der Waals surface area contributed by atoms with Gasteiger partial charge in [0.25, 0.3) is 0 Å². The van der Waals surface area contributed by atoms with Gasteiger partial charge >= 0.3 is 0 Å². The fourth-order valence-electron chi connectivity index (χ4n) is 1.56. The van der Waals surface area contributed by atoms with Crippen molar-refractivity contribution in [2.45, 2.75) is 0 Å². The number of rotatable bonds is 4. The van der Waals surface area contributed by atoms with Crippen LogP contribution in [0.2, 0.25) is 0 Å². The van der Waals surface area contributed by atoms with E-state index in [0.29, 0.717) is 6.61 Å². The lowest BCUT2D eigenvalue weighted by atomic mass is 10.1. The van der Waals surface area contributed by atoms with Crippen LogP contribution in [0.5, 0.6) is 0 Å². The van der Waals surface area contributed by atoms with Crippen LogP contribution in [0.1, 0.15) is 5.56 Å². The van der Waals surface area contributed by atoms with Gasteiger partial charge in [-0.05, 0) is 16.3 Å². The van der Waals surface area contributed by atoms with E-state index in [-0.39, 0.29) is 0 Å². The number of fused-ring (bicyclic) bond motifs is 1. The van der Waals surface area contributed by atoms with E-state index in [0.717, 1.165) is 0 Å². The molecule has 0 aliphatic rings. The topological polar surface area (TPSA) is 9.23 Å². The zero-order valence-corrected chi connectivity index (χ0v) is 10.5. The molecule has 0 amide bonds. The van der Waals surface area contributed by atoms with Gasteiger partial charge in [-0.15, -0.1) is 0 Å². The molecule has 0 fully saturated rings. The molecular formula is C17H18O. The summed E-state index contributed by atoms with van der Waals surface area (Å²) in [4.78, 5) is 0. The van der Waals surface area contributed by atoms with E-state index in [1.54, 1.807) is 6.08 Å². The lowest BCUT2D eigenvalue weighted by Gasteiger charge is -1.99. The monoisotopic (exact) mass is 238 g/mol. The summed E-state index contributed by atoms with van der Waals surface area (Å²) in [5.74, 6) is 0. The van der Waals surface area contributed by atoms with E-state index in [4.69, 9.17) is 0 Å². The van der Waals surface area contributed by atoms with Crippen LogP contribution in [0.15, 0.2) is 74.5 Å². The van der Waals surface area contributed by atoms with Gasteiger partial charge in [-0.1, -0.05) is 74.4 Å². The third-order valence-corrected chi connectivity index (χ3v) is 2.38. The van der Waals surface area contributed by atoms with E-state index < -0.39 is 0 Å². The highest BCUT2D eigenvalue weighted by Crippen LogP contribution is 2.18. The zero-order chi connectivity index (χ0) is 13.2. The molecule has 0 aliphatic heterocycles. The molecule has 92 valence electrons.